The first kappa shape index (κ1) is 14.2. The Morgan fingerprint density at radius 2 is 2.33 bits per heavy atom. The molecule has 0 saturated carbocycles. The van der Waals surface area contributed by atoms with Crippen LogP contribution in [0.5, 0.6) is 5.75 Å². The smallest absolute Gasteiger partial charge is 0.194 e. The number of aliphatic imine (C=N–C) groups is 1. The van der Waals surface area contributed by atoms with Crippen molar-refractivity contribution in [2.75, 3.05) is 26.2 Å². The van der Waals surface area contributed by atoms with Gasteiger partial charge >= 0.3 is 0 Å². The Morgan fingerprint density at radius 3 is 3.05 bits per heavy atom. The van der Waals surface area contributed by atoms with Crippen LogP contribution in [0.4, 0.5) is 0 Å². The highest BCUT2D eigenvalue weighted by Gasteiger charge is 2.25. The van der Waals surface area contributed by atoms with Gasteiger partial charge in [0.25, 0.3) is 0 Å². The van der Waals surface area contributed by atoms with Crippen molar-refractivity contribution in [3.05, 3.63) is 29.8 Å². The molecule has 2 N–H and O–H groups in total. The highest BCUT2D eigenvalue weighted by atomic mass is 16.5. The van der Waals surface area contributed by atoms with E-state index in [4.69, 9.17) is 9.73 Å². The van der Waals surface area contributed by atoms with E-state index in [9.17, 15) is 5.11 Å². The molecule has 2 heterocycles. The van der Waals surface area contributed by atoms with Gasteiger partial charge < -0.3 is 20.1 Å². The molecule has 2 aliphatic heterocycles. The maximum absolute atomic E-state index is 9.67. The minimum absolute atomic E-state index is 0.114. The summed E-state index contributed by atoms with van der Waals surface area (Å²) in [6.07, 6.45) is 1.61. The number of ether oxygens (including phenoxy) is 1. The van der Waals surface area contributed by atoms with Gasteiger partial charge in [-0.15, -0.1) is 0 Å². The molecule has 21 heavy (non-hydrogen) atoms. The molecule has 2 atom stereocenters. The number of guanidine groups is 1. The number of nitrogens with zero attached hydrogens (tertiary/aromatic N) is 2. The summed E-state index contributed by atoms with van der Waals surface area (Å²) in [5, 5.41) is 13.0. The summed E-state index contributed by atoms with van der Waals surface area (Å²) in [4.78, 5) is 6.81. The lowest BCUT2D eigenvalue weighted by molar-refractivity contribution is 0.187. The number of fused-ring (bicyclic) bond motifs is 1. The van der Waals surface area contributed by atoms with E-state index < -0.39 is 0 Å². The zero-order valence-corrected chi connectivity index (χ0v) is 12.5. The average molecular weight is 289 g/mol. The van der Waals surface area contributed by atoms with Crippen molar-refractivity contribution in [1.29, 1.82) is 0 Å². The molecule has 0 amide bonds. The van der Waals surface area contributed by atoms with Crippen molar-refractivity contribution >= 4 is 5.96 Å². The van der Waals surface area contributed by atoms with Crippen LogP contribution in [-0.4, -0.2) is 54.4 Å². The predicted octanol–water partition coefficient (Wildman–Crippen LogP) is 1.02. The van der Waals surface area contributed by atoms with Gasteiger partial charge in [-0.1, -0.05) is 18.2 Å². The predicted molar refractivity (Wildman–Crippen MR) is 82.7 cm³/mol. The summed E-state index contributed by atoms with van der Waals surface area (Å²) in [5.41, 5.74) is 1.26. The van der Waals surface area contributed by atoms with Crippen LogP contribution >= 0.6 is 0 Å². The SMILES string of the molecule is CCNC(=NCC1Cc2ccccc2O1)N1CC[C@@H](O)C1. The number of para-hydroxylation sites is 1. The van der Waals surface area contributed by atoms with Crippen molar-refractivity contribution in [1.82, 2.24) is 10.2 Å². The second-order valence-electron chi connectivity index (χ2n) is 5.63. The molecule has 1 fully saturated rings. The Hall–Kier alpha value is -1.75. The largest absolute Gasteiger partial charge is 0.488 e. The average Bonchev–Trinajstić information content (AvgIpc) is 3.09. The Bertz CT molecular complexity index is 493. The van der Waals surface area contributed by atoms with Crippen molar-refractivity contribution in [2.45, 2.75) is 32.0 Å². The van der Waals surface area contributed by atoms with Crippen molar-refractivity contribution < 1.29 is 9.84 Å². The van der Waals surface area contributed by atoms with Gasteiger partial charge in [-0.3, -0.25) is 0 Å². The molecule has 5 heteroatoms. The summed E-state index contributed by atoms with van der Waals surface area (Å²) in [5.74, 6) is 1.87. The number of aliphatic hydroxyl groups is 1. The standard InChI is InChI=1S/C16H23N3O2/c1-2-17-16(19-8-7-13(20)11-19)18-10-14-9-12-5-3-4-6-15(12)21-14/h3-6,13-14,20H,2,7-11H2,1H3,(H,17,18)/t13-,14?/m1/s1. The number of nitrogens with one attached hydrogen (secondary N) is 1. The zero-order chi connectivity index (χ0) is 14.7. The van der Waals surface area contributed by atoms with Gasteiger partial charge in [-0.05, 0) is 25.0 Å². The first-order chi connectivity index (χ1) is 10.3. The number of benzene rings is 1. The molecule has 0 aliphatic carbocycles. The van der Waals surface area contributed by atoms with E-state index >= 15 is 0 Å². The maximum Gasteiger partial charge on any atom is 0.194 e. The third-order valence-electron chi connectivity index (χ3n) is 3.96. The minimum Gasteiger partial charge on any atom is -0.488 e. The number of aliphatic hydroxyl groups excluding tert-OH is 1. The Kier molecular flexibility index (Phi) is 4.29. The van der Waals surface area contributed by atoms with Gasteiger partial charge in [0.1, 0.15) is 11.9 Å². The lowest BCUT2D eigenvalue weighted by atomic mass is 10.1. The van der Waals surface area contributed by atoms with Gasteiger partial charge in [0.15, 0.2) is 5.96 Å². The third-order valence-corrected chi connectivity index (χ3v) is 3.96. The topological polar surface area (TPSA) is 57.1 Å². The first-order valence-corrected chi connectivity index (χ1v) is 7.72. The molecule has 1 unspecified atom stereocenters. The van der Waals surface area contributed by atoms with Crippen molar-refractivity contribution in [3.8, 4) is 5.75 Å². The van der Waals surface area contributed by atoms with Crippen LogP contribution < -0.4 is 10.1 Å². The fourth-order valence-electron chi connectivity index (χ4n) is 2.90. The lowest BCUT2D eigenvalue weighted by Crippen LogP contribution is -2.41. The molecule has 0 spiro atoms. The van der Waals surface area contributed by atoms with E-state index in [1.807, 2.05) is 18.2 Å². The van der Waals surface area contributed by atoms with E-state index in [1.165, 1.54) is 5.56 Å². The van der Waals surface area contributed by atoms with Crippen LogP contribution in [0.15, 0.2) is 29.3 Å². The summed E-state index contributed by atoms with van der Waals surface area (Å²) in [6.45, 7) is 5.06. The Morgan fingerprint density at radius 1 is 1.48 bits per heavy atom. The van der Waals surface area contributed by atoms with Gasteiger partial charge in [-0.25, -0.2) is 4.99 Å². The molecular weight excluding hydrogens is 266 g/mol. The van der Waals surface area contributed by atoms with E-state index in [2.05, 4.69) is 23.2 Å². The van der Waals surface area contributed by atoms with E-state index in [0.29, 0.717) is 13.1 Å². The minimum atomic E-state index is -0.235. The summed E-state index contributed by atoms with van der Waals surface area (Å²) in [7, 11) is 0. The normalized spacial score (nSPS) is 24.9. The molecule has 114 valence electrons. The van der Waals surface area contributed by atoms with Crippen molar-refractivity contribution in [3.63, 3.8) is 0 Å². The molecule has 0 bridgehead atoms. The number of β-amino-alcohol motifs (C(OH)–C–C–N with tert-alkyl or cyclic N) is 1. The molecule has 1 saturated heterocycles. The summed E-state index contributed by atoms with van der Waals surface area (Å²) >= 11 is 0. The second-order valence-corrected chi connectivity index (χ2v) is 5.63. The number of hydrogen-bond donors (Lipinski definition) is 2. The molecule has 1 aromatic rings. The van der Waals surface area contributed by atoms with Gasteiger partial charge in [0, 0.05) is 26.1 Å². The fraction of sp³-hybridized carbons (Fsp3) is 0.562. The Labute approximate surface area is 125 Å². The summed E-state index contributed by atoms with van der Waals surface area (Å²) in [6, 6.07) is 8.17. The Balaban J connectivity index is 1.61. The number of rotatable bonds is 3. The molecule has 0 radical (unpaired) electrons. The lowest BCUT2D eigenvalue weighted by Gasteiger charge is -2.21. The maximum atomic E-state index is 9.67. The van der Waals surface area contributed by atoms with Crippen molar-refractivity contribution in [2.24, 2.45) is 4.99 Å². The third kappa shape index (κ3) is 3.29. The van der Waals surface area contributed by atoms with Crippen LogP contribution in [0.3, 0.4) is 0 Å². The van der Waals surface area contributed by atoms with Gasteiger partial charge in [0.2, 0.25) is 0 Å². The van der Waals surface area contributed by atoms with Crippen LogP contribution in [0.1, 0.15) is 18.9 Å². The highest BCUT2D eigenvalue weighted by Crippen LogP contribution is 2.28. The quantitative estimate of drug-likeness (QED) is 0.644. The monoisotopic (exact) mass is 289 g/mol. The number of likely N-dealkylation sites (tertiary alicyclic amines) is 1. The van der Waals surface area contributed by atoms with Gasteiger partial charge in [0.05, 0.1) is 12.6 Å². The summed E-state index contributed by atoms with van der Waals surface area (Å²) < 4.78 is 5.92. The molecule has 0 aromatic heterocycles. The molecule has 1 aromatic carbocycles. The molecule has 3 rings (SSSR count). The van der Waals surface area contributed by atoms with Crippen LogP contribution in [0.2, 0.25) is 0 Å². The second kappa shape index (κ2) is 6.35. The molecule has 2 aliphatic rings. The van der Waals surface area contributed by atoms with Crippen LogP contribution in [0, 0.1) is 0 Å². The fourth-order valence-corrected chi connectivity index (χ4v) is 2.90. The first-order valence-electron chi connectivity index (χ1n) is 7.72. The van der Waals surface area contributed by atoms with Crippen LogP contribution in [0.25, 0.3) is 0 Å². The molecular formula is C16H23N3O2. The van der Waals surface area contributed by atoms with E-state index in [1.54, 1.807) is 0 Å². The molecule has 5 nitrogen and oxygen atoms in total. The van der Waals surface area contributed by atoms with Crippen LogP contribution in [-0.2, 0) is 6.42 Å². The highest BCUT2D eigenvalue weighted by molar-refractivity contribution is 5.80. The van der Waals surface area contributed by atoms with E-state index in [0.717, 1.165) is 37.6 Å². The zero-order valence-electron chi connectivity index (χ0n) is 12.5. The van der Waals surface area contributed by atoms with Gasteiger partial charge in [-0.2, -0.15) is 0 Å². The van der Waals surface area contributed by atoms with E-state index in [-0.39, 0.29) is 12.2 Å². The number of hydrogen-bond acceptors (Lipinski definition) is 3.